The van der Waals surface area contributed by atoms with Gasteiger partial charge in [-0.3, -0.25) is 0 Å². The maximum absolute atomic E-state index is 11.1. The van der Waals surface area contributed by atoms with Crippen molar-refractivity contribution < 1.29 is 28.5 Å². The van der Waals surface area contributed by atoms with Crippen LogP contribution in [0.15, 0.2) is 135 Å². The number of hydrogen-bond acceptors (Lipinski definition) is 6. The van der Waals surface area contributed by atoms with Crippen LogP contribution in [0.1, 0.15) is 59.1 Å². The highest BCUT2D eigenvalue weighted by atomic mass is 16.5. The number of rotatable bonds is 15. The molecule has 0 radical (unpaired) electrons. The molecule has 6 rings (SSSR count). The molecule has 0 aliphatic rings. The summed E-state index contributed by atoms with van der Waals surface area (Å²) in [5.74, 6) is 14.2. The van der Waals surface area contributed by atoms with Crippen LogP contribution in [0.2, 0.25) is 0 Å². The molecule has 6 heteroatoms. The Kier molecular flexibility index (Phi) is 14.2. The zero-order valence-electron chi connectivity index (χ0n) is 33.1. The maximum Gasteiger partial charge on any atom is 0.330 e. The summed E-state index contributed by atoms with van der Waals surface area (Å²) in [5, 5.41) is 4.36. The van der Waals surface area contributed by atoms with Gasteiger partial charge in [0.15, 0.2) is 0 Å². The number of esters is 2. The normalized spacial score (nSPS) is 10.4. The molecule has 0 heterocycles. The lowest BCUT2D eigenvalue weighted by molar-refractivity contribution is -0.138. The third kappa shape index (κ3) is 11.5. The lowest BCUT2D eigenvalue weighted by Crippen LogP contribution is -2.04. The van der Waals surface area contributed by atoms with Gasteiger partial charge in [-0.1, -0.05) is 73.2 Å². The lowest BCUT2D eigenvalue weighted by atomic mass is 9.94. The van der Waals surface area contributed by atoms with Crippen molar-refractivity contribution in [3.05, 3.63) is 168 Å². The SMILES string of the molecule is C=CC(=O)OCCCCOc1ccc2cc(C#Cc3ccc(-c4ccc(C#Cc5ccc6cc(OCCCCOC(=O)C=C)ccc6c5)cc4C)c(C)c3)ccc2c1. The third-order valence-corrected chi connectivity index (χ3v) is 9.51. The summed E-state index contributed by atoms with van der Waals surface area (Å²) in [5.41, 5.74) is 8.49. The van der Waals surface area contributed by atoms with Crippen LogP contribution in [0, 0.1) is 37.5 Å². The molecule has 0 aliphatic heterocycles. The summed E-state index contributed by atoms with van der Waals surface area (Å²) >= 11 is 0. The van der Waals surface area contributed by atoms with E-state index in [4.69, 9.17) is 18.9 Å². The van der Waals surface area contributed by atoms with Gasteiger partial charge in [0.25, 0.3) is 0 Å². The molecule has 6 aromatic carbocycles. The summed E-state index contributed by atoms with van der Waals surface area (Å²) < 4.78 is 21.8. The highest BCUT2D eigenvalue weighted by molar-refractivity contribution is 5.86. The molecule has 290 valence electrons. The van der Waals surface area contributed by atoms with Gasteiger partial charge in [0.05, 0.1) is 26.4 Å². The van der Waals surface area contributed by atoms with Crippen LogP contribution in [0.3, 0.4) is 0 Å². The van der Waals surface area contributed by atoms with E-state index < -0.39 is 11.9 Å². The minimum Gasteiger partial charge on any atom is -0.494 e. The molecule has 0 aliphatic carbocycles. The Morgan fingerprint density at radius 3 is 1.21 bits per heavy atom. The molecule has 0 atom stereocenters. The van der Waals surface area contributed by atoms with Gasteiger partial charge in [0, 0.05) is 34.4 Å². The van der Waals surface area contributed by atoms with Gasteiger partial charge in [0.1, 0.15) is 11.5 Å². The molecule has 6 nitrogen and oxygen atoms in total. The van der Waals surface area contributed by atoms with Crippen LogP contribution in [-0.2, 0) is 19.1 Å². The second-order valence-corrected chi connectivity index (χ2v) is 13.9. The van der Waals surface area contributed by atoms with Crippen LogP contribution < -0.4 is 9.47 Å². The van der Waals surface area contributed by atoms with Gasteiger partial charge in [-0.2, -0.15) is 0 Å². The van der Waals surface area contributed by atoms with Crippen molar-refractivity contribution in [3.63, 3.8) is 0 Å². The lowest BCUT2D eigenvalue weighted by Gasteiger charge is -2.10. The number of aryl methyl sites for hydroxylation is 2. The standard InChI is InChI=1S/C52H46O6/c1-5-51(53)57-29-9-7-27-55-47-23-21-43-33-41(15-19-45(43)35-47)13-11-39-17-25-49(37(3)31-39)50-26-18-40(32-38(50)4)12-14-42-16-20-46-36-48(24-22-44(46)34-42)56-28-8-10-30-58-52(54)6-2/h5-6,15-26,31-36H,1-2,7-10,27-30H2,3-4H3. The summed E-state index contributed by atoms with van der Waals surface area (Å²) in [6.45, 7) is 12.9. The Hall–Kier alpha value is -7.02. The van der Waals surface area contributed by atoms with Gasteiger partial charge >= 0.3 is 11.9 Å². The first-order valence-electron chi connectivity index (χ1n) is 19.5. The number of benzene rings is 6. The topological polar surface area (TPSA) is 71.1 Å². The molecule has 0 amide bonds. The van der Waals surface area contributed by atoms with E-state index >= 15 is 0 Å². The third-order valence-electron chi connectivity index (χ3n) is 9.51. The minimum absolute atomic E-state index is 0.363. The van der Waals surface area contributed by atoms with E-state index in [0.29, 0.717) is 26.4 Å². The fraction of sp³-hybridized carbons (Fsp3) is 0.192. The molecule has 0 saturated carbocycles. The minimum atomic E-state index is -0.400. The predicted octanol–water partition coefficient (Wildman–Crippen LogP) is 10.9. The van der Waals surface area contributed by atoms with Crippen molar-refractivity contribution in [2.24, 2.45) is 0 Å². The second-order valence-electron chi connectivity index (χ2n) is 13.9. The fourth-order valence-corrected chi connectivity index (χ4v) is 6.41. The van der Waals surface area contributed by atoms with E-state index in [-0.39, 0.29) is 0 Å². The molecule has 0 unspecified atom stereocenters. The molecule has 0 saturated heterocycles. The molecule has 0 aromatic heterocycles. The van der Waals surface area contributed by atoms with Crippen molar-refractivity contribution in [1.29, 1.82) is 0 Å². The molecular formula is C52H46O6. The van der Waals surface area contributed by atoms with E-state index in [1.165, 1.54) is 23.3 Å². The van der Waals surface area contributed by atoms with E-state index in [0.717, 1.165) is 92.1 Å². The summed E-state index contributed by atoms with van der Waals surface area (Å²) in [6, 6.07) is 37.3. The molecule has 0 N–H and O–H groups in total. The average Bonchev–Trinajstić information content (AvgIpc) is 3.24. The first-order chi connectivity index (χ1) is 28.3. The van der Waals surface area contributed by atoms with Crippen molar-refractivity contribution in [2.45, 2.75) is 39.5 Å². The highest BCUT2D eigenvalue weighted by Crippen LogP contribution is 2.29. The molecule has 6 aromatic rings. The fourth-order valence-electron chi connectivity index (χ4n) is 6.41. The second kappa shape index (κ2) is 20.2. The van der Waals surface area contributed by atoms with Gasteiger partial charge in [-0.05, 0) is 156 Å². The van der Waals surface area contributed by atoms with Crippen LogP contribution in [0.5, 0.6) is 11.5 Å². The molecule has 0 bridgehead atoms. The van der Waals surface area contributed by atoms with E-state index in [1.54, 1.807) is 0 Å². The number of hydrogen-bond donors (Lipinski definition) is 0. The average molecular weight is 767 g/mol. The molecule has 58 heavy (non-hydrogen) atoms. The number of carbonyl (C=O) groups is 2. The summed E-state index contributed by atoms with van der Waals surface area (Å²) in [7, 11) is 0. The monoisotopic (exact) mass is 766 g/mol. The number of fused-ring (bicyclic) bond motifs is 2. The number of ether oxygens (including phenoxy) is 4. The van der Waals surface area contributed by atoms with Gasteiger partial charge < -0.3 is 18.9 Å². The van der Waals surface area contributed by atoms with Gasteiger partial charge in [-0.25, -0.2) is 9.59 Å². The van der Waals surface area contributed by atoms with Crippen LogP contribution in [0.4, 0.5) is 0 Å². The summed E-state index contributed by atoms with van der Waals surface area (Å²) in [4.78, 5) is 22.3. The Balaban J connectivity index is 1.03. The first-order valence-corrected chi connectivity index (χ1v) is 19.5. The highest BCUT2D eigenvalue weighted by Gasteiger charge is 2.07. The molecular weight excluding hydrogens is 721 g/mol. The smallest absolute Gasteiger partial charge is 0.330 e. The van der Waals surface area contributed by atoms with Crippen LogP contribution in [-0.4, -0.2) is 38.4 Å². The van der Waals surface area contributed by atoms with Crippen LogP contribution in [0.25, 0.3) is 32.7 Å². The molecule has 0 fully saturated rings. The van der Waals surface area contributed by atoms with Crippen molar-refractivity contribution in [1.82, 2.24) is 0 Å². The first kappa shape index (κ1) is 40.6. The number of carbonyl (C=O) groups excluding carboxylic acids is 2. The predicted molar refractivity (Wildman–Crippen MR) is 233 cm³/mol. The van der Waals surface area contributed by atoms with Crippen LogP contribution >= 0.6 is 0 Å². The number of unbranched alkanes of at least 4 members (excludes halogenated alkanes) is 2. The quantitative estimate of drug-likeness (QED) is 0.0449. The zero-order valence-corrected chi connectivity index (χ0v) is 33.1. The molecule has 0 spiro atoms. The Morgan fingerprint density at radius 2 is 0.810 bits per heavy atom. The van der Waals surface area contributed by atoms with Crippen molar-refractivity contribution >= 4 is 33.5 Å². The van der Waals surface area contributed by atoms with Crippen molar-refractivity contribution in [3.8, 4) is 46.3 Å². The van der Waals surface area contributed by atoms with E-state index in [2.05, 4.69) is 123 Å². The maximum atomic E-state index is 11.1. The summed E-state index contributed by atoms with van der Waals surface area (Å²) in [6.07, 6.45) is 5.38. The van der Waals surface area contributed by atoms with Crippen molar-refractivity contribution in [2.75, 3.05) is 26.4 Å². The van der Waals surface area contributed by atoms with Gasteiger partial charge in [-0.15, -0.1) is 0 Å². The van der Waals surface area contributed by atoms with E-state index in [1.807, 2.05) is 36.4 Å². The van der Waals surface area contributed by atoms with E-state index in [9.17, 15) is 9.59 Å². The zero-order chi connectivity index (χ0) is 40.7. The van der Waals surface area contributed by atoms with Gasteiger partial charge in [0.2, 0.25) is 0 Å². The Bertz CT molecular complexity index is 2410. The Morgan fingerprint density at radius 1 is 0.466 bits per heavy atom. The Labute approximate surface area is 341 Å². The largest absolute Gasteiger partial charge is 0.494 e.